The molecule has 2 amide bonds. The van der Waals surface area contributed by atoms with Crippen LogP contribution >= 0.6 is 0 Å². The Morgan fingerprint density at radius 1 is 1.08 bits per heavy atom. The van der Waals surface area contributed by atoms with Crippen LogP contribution in [0.2, 0.25) is 0 Å². The SMILES string of the molecule is COc1ccccc1C(=O)NNC(=O)COc1ccc(C#N)cc1. The third-order valence-corrected chi connectivity index (χ3v) is 3.02. The van der Waals surface area contributed by atoms with Crippen molar-refractivity contribution in [3.8, 4) is 17.6 Å². The van der Waals surface area contributed by atoms with Gasteiger partial charge in [-0.1, -0.05) is 12.1 Å². The quantitative estimate of drug-likeness (QED) is 0.810. The monoisotopic (exact) mass is 325 g/mol. The fraction of sp³-hybridized carbons (Fsp3) is 0.118. The van der Waals surface area contributed by atoms with Crippen molar-refractivity contribution < 1.29 is 19.1 Å². The van der Waals surface area contributed by atoms with Crippen LogP contribution < -0.4 is 20.3 Å². The molecule has 0 heterocycles. The van der Waals surface area contributed by atoms with Gasteiger partial charge in [0.05, 0.1) is 24.3 Å². The van der Waals surface area contributed by atoms with Crippen molar-refractivity contribution in [3.63, 3.8) is 0 Å². The maximum atomic E-state index is 12.0. The fourth-order valence-electron chi connectivity index (χ4n) is 1.84. The second kappa shape index (κ2) is 8.19. The highest BCUT2D eigenvalue weighted by Crippen LogP contribution is 2.16. The standard InChI is InChI=1S/C17H15N3O4/c1-23-15-5-3-2-4-14(15)17(22)20-19-16(21)11-24-13-8-6-12(10-18)7-9-13/h2-9H,11H2,1H3,(H,19,21)(H,20,22). The van der Waals surface area contributed by atoms with E-state index >= 15 is 0 Å². The predicted octanol–water partition coefficient (Wildman–Crippen LogP) is 1.41. The Hall–Kier alpha value is -3.53. The van der Waals surface area contributed by atoms with Gasteiger partial charge in [0.1, 0.15) is 11.5 Å². The molecule has 0 bridgehead atoms. The number of rotatable bonds is 5. The number of carbonyl (C=O) groups excluding carboxylic acids is 2. The molecule has 0 aromatic heterocycles. The first-order chi connectivity index (χ1) is 11.6. The fourth-order valence-corrected chi connectivity index (χ4v) is 1.84. The summed E-state index contributed by atoms with van der Waals surface area (Å²) >= 11 is 0. The van der Waals surface area contributed by atoms with E-state index in [-0.39, 0.29) is 6.61 Å². The molecule has 2 aromatic carbocycles. The first-order valence-electron chi connectivity index (χ1n) is 6.99. The van der Waals surface area contributed by atoms with Crippen LogP contribution in [0.25, 0.3) is 0 Å². The van der Waals surface area contributed by atoms with Gasteiger partial charge in [-0.05, 0) is 36.4 Å². The molecule has 7 heteroatoms. The average Bonchev–Trinajstić information content (AvgIpc) is 2.64. The van der Waals surface area contributed by atoms with Gasteiger partial charge in [-0.15, -0.1) is 0 Å². The summed E-state index contributed by atoms with van der Waals surface area (Å²) in [5, 5.41) is 8.70. The summed E-state index contributed by atoms with van der Waals surface area (Å²) in [6.07, 6.45) is 0. The summed E-state index contributed by atoms with van der Waals surface area (Å²) in [5.41, 5.74) is 5.34. The largest absolute Gasteiger partial charge is 0.496 e. The number of carbonyl (C=O) groups is 2. The molecule has 2 rings (SSSR count). The average molecular weight is 325 g/mol. The van der Waals surface area contributed by atoms with Gasteiger partial charge < -0.3 is 9.47 Å². The van der Waals surface area contributed by atoms with Gasteiger partial charge in [-0.3, -0.25) is 20.4 Å². The molecule has 0 atom stereocenters. The minimum atomic E-state index is -0.525. The Labute approximate surface area is 138 Å². The third kappa shape index (κ3) is 4.48. The highest BCUT2D eigenvalue weighted by molar-refractivity contribution is 5.97. The number of hydrazine groups is 1. The van der Waals surface area contributed by atoms with Crippen molar-refractivity contribution in [3.05, 3.63) is 59.7 Å². The van der Waals surface area contributed by atoms with Crippen molar-refractivity contribution in [1.29, 1.82) is 5.26 Å². The molecule has 0 unspecified atom stereocenters. The number of hydrogen-bond acceptors (Lipinski definition) is 5. The van der Waals surface area contributed by atoms with E-state index in [0.29, 0.717) is 22.6 Å². The van der Waals surface area contributed by atoms with Crippen molar-refractivity contribution >= 4 is 11.8 Å². The molecule has 0 aliphatic rings. The lowest BCUT2D eigenvalue weighted by Crippen LogP contribution is -2.43. The maximum Gasteiger partial charge on any atom is 0.276 e. The van der Waals surface area contributed by atoms with Crippen LogP contribution in [-0.4, -0.2) is 25.5 Å². The lowest BCUT2D eigenvalue weighted by atomic mass is 10.2. The molecule has 0 spiro atoms. The number of ether oxygens (including phenoxy) is 2. The van der Waals surface area contributed by atoms with Crippen LogP contribution in [0, 0.1) is 11.3 Å². The van der Waals surface area contributed by atoms with Crippen molar-refractivity contribution in [1.82, 2.24) is 10.9 Å². The van der Waals surface area contributed by atoms with Gasteiger partial charge >= 0.3 is 0 Å². The van der Waals surface area contributed by atoms with Crippen molar-refractivity contribution in [2.75, 3.05) is 13.7 Å². The summed E-state index contributed by atoms with van der Waals surface area (Å²) in [5.74, 6) is -0.180. The highest BCUT2D eigenvalue weighted by Gasteiger charge is 2.12. The number of nitrogens with one attached hydrogen (secondary N) is 2. The Kier molecular flexibility index (Phi) is 5.75. The van der Waals surface area contributed by atoms with Gasteiger partial charge in [-0.25, -0.2) is 0 Å². The number of methoxy groups -OCH3 is 1. The van der Waals surface area contributed by atoms with Gasteiger partial charge in [-0.2, -0.15) is 5.26 Å². The third-order valence-electron chi connectivity index (χ3n) is 3.02. The lowest BCUT2D eigenvalue weighted by molar-refractivity contribution is -0.123. The number of nitriles is 1. The summed E-state index contributed by atoms with van der Waals surface area (Å²) in [6.45, 7) is -0.280. The maximum absolute atomic E-state index is 12.0. The van der Waals surface area contributed by atoms with Gasteiger partial charge in [0.2, 0.25) is 0 Å². The molecular formula is C17H15N3O4. The minimum absolute atomic E-state index is 0.280. The van der Waals surface area contributed by atoms with Gasteiger partial charge in [0, 0.05) is 0 Å². The van der Waals surface area contributed by atoms with E-state index in [2.05, 4.69) is 10.9 Å². The van der Waals surface area contributed by atoms with Crippen LogP contribution in [-0.2, 0) is 4.79 Å². The molecule has 0 saturated heterocycles. The summed E-state index contributed by atoms with van der Waals surface area (Å²) in [7, 11) is 1.45. The van der Waals surface area contributed by atoms with E-state index in [1.54, 1.807) is 48.5 Å². The van der Waals surface area contributed by atoms with E-state index in [1.165, 1.54) is 7.11 Å². The normalized spacial score (nSPS) is 9.50. The van der Waals surface area contributed by atoms with E-state index in [1.807, 2.05) is 6.07 Å². The van der Waals surface area contributed by atoms with Crippen molar-refractivity contribution in [2.24, 2.45) is 0 Å². The molecule has 0 fully saturated rings. The molecule has 0 saturated carbocycles. The smallest absolute Gasteiger partial charge is 0.276 e. The highest BCUT2D eigenvalue weighted by atomic mass is 16.5. The van der Waals surface area contributed by atoms with Gasteiger partial charge in [0.15, 0.2) is 6.61 Å². The molecule has 0 aliphatic carbocycles. The Morgan fingerprint density at radius 3 is 2.46 bits per heavy atom. The molecule has 24 heavy (non-hydrogen) atoms. The van der Waals surface area contributed by atoms with E-state index in [9.17, 15) is 9.59 Å². The molecule has 7 nitrogen and oxygen atoms in total. The van der Waals surface area contributed by atoms with Crippen molar-refractivity contribution in [2.45, 2.75) is 0 Å². The zero-order valence-corrected chi connectivity index (χ0v) is 12.9. The van der Waals surface area contributed by atoms with E-state index < -0.39 is 11.8 Å². The first kappa shape index (κ1) is 16.8. The predicted molar refractivity (Wildman–Crippen MR) is 85.3 cm³/mol. The van der Waals surface area contributed by atoms with Gasteiger partial charge in [0.25, 0.3) is 11.8 Å². The van der Waals surface area contributed by atoms with Crippen LogP contribution in [0.3, 0.4) is 0 Å². The number of nitrogens with zero attached hydrogens (tertiary/aromatic N) is 1. The zero-order chi connectivity index (χ0) is 17.4. The summed E-state index contributed by atoms with van der Waals surface area (Å²) in [6, 6.07) is 15.0. The summed E-state index contributed by atoms with van der Waals surface area (Å²) in [4.78, 5) is 23.7. The van der Waals surface area contributed by atoms with E-state index in [4.69, 9.17) is 14.7 Å². The molecule has 122 valence electrons. The number of amides is 2. The zero-order valence-electron chi connectivity index (χ0n) is 12.9. The number of para-hydroxylation sites is 1. The second-order valence-electron chi connectivity index (χ2n) is 4.63. The lowest BCUT2D eigenvalue weighted by Gasteiger charge is -2.10. The molecule has 2 aromatic rings. The first-order valence-corrected chi connectivity index (χ1v) is 6.99. The van der Waals surface area contributed by atoms with Crippen LogP contribution in [0.5, 0.6) is 11.5 Å². The second-order valence-corrected chi connectivity index (χ2v) is 4.63. The Balaban J connectivity index is 1.82. The molecule has 0 radical (unpaired) electrons. The molecule has 2 N–H and O–H groups in total. The number of hydrogen-bond donors (Lipinski definition) is 2. The number of benzene rings is 2. The Bertz CT molecular complexity index is 766. The minimum Gasteiger partial charge on any atom is -0.496 e. The van der Waals surface area contributed by atoms with E-state index in [0.717, 1.165) is 0 Å². The van der Waals surface area contributed by atoms with Crippen LogP contribution in [0.15, 0.2) is 48.5 Å². The summed E-state index contributed by atoms with van der Waals surface area (Å²) < 4.78 is 10.3. The van der Waals surface area contributed by atoms with Crippen LogP contribution in [0.4, 0.5) is 0 Å². The molecular weight excluding hydrogens is 310 g/mol. The molecule has 0 aliphatic heterocycles. The van der Waals surface area contributed by atoms with Crippen LogP contribution in [0.1, 0.15) is 15.9 Å². The Morgan fingerprint density at radius 2 is 1.79 bits per heavy atom. The topological polar surface area (TPSA) is 100 Å².